The van der Waals surface area contributed by atoms with Gasteiger partial charge in [-0.15, -0.1) is 0 Å². The number of rotatable bonds is 2. The third-order valence-electron chi connectivity index (χ3n) is 3.14. The highest BCUT2D eigenvalue weighted by Gasteiger charge is 2.25. The zero-order valence-corrected chi connectivity index (χ0v) is 8.14. The normalized spacial score (nSPS) is 34.1. The minimum absolute atomic E-state index is 0.869. The van der Waals surface area contributed by atoms with Gasteiger partial charge < -0.3 is 4.90 Å². The zero-order valence-electron chi connectivity index (χ0n) is 8.14. The zero-order chi connectivity index (χ0) is 8.27. The van der Waals surface area contributed by atoms with Crippen LogP contribution in [0.2, 0.25) is 0 Å². The molecule has 0 radical (unpaired) electrons. The Morgan fingerprint density at radius 3 is 2.45 bits per heavy atom. The van der Waals surface area contributed by atoms with Crippen LogP contribution < -0.4 is 0 Å². The van der Waals surface area contributed by atoms with Crippen molar-refractivity contribution >= 4 is 0 Å². The summed E-state index contributed by atoms with van der Waals surface area (Å²) >= 11 is 0. The summed E-state index contributed by atoms with van der Waals surface area (Å²) in [7, 11) is 2.27. The van der Waals surface area contributed by atoms with E-state index in [-0.39, 0.29) is 0 Å². The Kier molecular flexibility index (Phi) is 3.38. The molecule has 0 aromatic carbocycles. The molecule has 0 N–H and O–H groups in total. The van der Waals surface area contributed by atoms with Crippen molar-refractivity contribution in [2.24, 2.45) is 5.92 Å². The van der Waals surface area contributed by atoms with Gasteiger partial charge in [-0.25, -0.2) is 0 Å². The summed E-state index contributed by atoms with van der Waals surface area (Å²) in [5, 5.41) is 0. The Morgan fingerprint density at radius 1 is 1.27 bits per heavy atom. The second-order valence-corrected chi connectivity index (χ2v) is 3.77. The van der Waals surface area contributed by atoms with Gasteiger partial charge in [0.25, 0.3) is 0 Å². The lowest BCUT2D eigenvalue weighted by atomic mass is 9.86. The van der Waals surface area contributed by atoms with E-state index in [9.17, 15) is 0 Å². The molecule has 1 heterocycles. The maximum absolute atomic E-state index is 2.54. The number of hydrogen-bond donors (Lipinski definition) is 0. The van der Waals surface area contributed by atoms with Crippen LogP contribution in [-0.2, 0) is 0 Å². The molecule has 0 aromatic heterocycles. The van der Waals surface area contributed by atoms with Crippen molar-refractivity contribution in [3.05, 3.63) is 0 Å². The summed E-state index contributed by atoms with van der Waals surface area (Å²) in [5.41, 5.74) is 0. The SMILES string of the molecule is CC[C@H]1CCCN(C)[C@H]1CC. The van der Waals surface area contributed by atoms with Crippen molar-refractivity contribution < 1.29 is 0 Å². The monoisotopic (exact) mass is 155 g/mol. The van der Waals surface area contributed by atoms with Crippen LogP contribution in [0, 0.1) is 5.92 Å². The molecule has 1 saturated heterocycles. The molecule has 1 rings (SSSR count). The lowest BCUT2D eigenvalue weighted by Crippen LogP contribution is -2.41. The lowest BCUT2D eigenvalue weighted by molar-refractivity contribution is 0.114. The van der Waals surface area contributed by atoms with E-state index in [0.717, 1.165) is 12.0 Å². The summed E-state index contributed by atoms with van der Waals surface area (Å²) in [6, 6.07) is 0.869. The number of nitrogens with zero attached hydrogens (tertiary/aromatic N) is 1. The van der Waals surface area contributed by atoms with E-state index in [2.05, 4.69) is 25.8 Å². The van der Waals surface area contributed by atoms with E-state index in [1.165, 1.54) is 32.2 Å². The predicted molar refractivity (Wildman–Crippen MR) is 49.7 cm³/mol. The Bertz CT molecular complexity index is 111. The van der Waals surface area contributed by atoms with E-state index < -0.39 is 0 Å². The van der Waals surface area contributed by atoms with Crippen LogP contribution >= 0.6 is 0 Å². The van der Waals surface area contributed by atoms with Crippen molar-refractivity contribution in [1.82, 2.24) is 4.90 Å². The van der Waals surface area contributed by atoms with E-state index in [4.69, 9.17) is 0 Å². The van der Waals surface area contributed by atoms with E-state index in [0.29, 0.717) is 0 Å². The van der Waals surface area contributed by atoms with Crippen molar-refractivity contribution in [3.8, 4) is 0 Å². The molecule has 1 fully saturated rings. The van der Waals surface area contributed by atoms with Gasteiger partial charge in [0.2, 0.25) is 0 Å². The topological polar surface area (TPSA) is 3.24 Å². The largest absolute Gasteiger partial charge is 0.303 e. The molecule has 0 aromatic rings. The molecule has 1 aliphatic rings. The molecule has 0 aliphatic carbocycles. The van der Waals surface area contributed by atoms with Gasteiger partial charge in [-0.3, -0.25) is 0 Å². The Morgan fingerprint density at radius 2 is 2.00 bits per heavy atom. The van der Waals surface area contributed by atoms with Gasteiger partial charge in [0.15, 0.2) is 0 Å². The van der Waals surface area contributed by atoms with E-state index in [1.807, 2.05) is 0 Å². The second-order valence-electron chi connectivity index (χ2n) is 3.77. The smallest absolute Gasteiger partial charge is 0.0118 e. The molecular formula is C10H21N. The molecule has 1 aliphatic heterocycles. The Labute approximate surface area is 70.8 Å². The highest BCUT2D eigenvalue weighted by molar-refractivity contribution is 4.80. The first-order valence-electron chi connectivity index (χ1n) is 4.99. The minimum Gasteiger partial charge on any atom is -0.303 e. The van der Waals surface area contributed by atoms with Crippen LogP contribution in [-0.4, -0.2) is 24.5 Å². The maximum Gasteiger partial charge on any atom is 0.0118 e. The number of piperidine rings is 1. The van der Waals surface area contributed by atoms with E-state index >= 15 is 0 Å². The molecule has 0 saturated carbocycles. The first-order chi connectivity index (χ1) is 5.29. The van der Waals surface area contributed by atoms with Crippen molar-refractivity contribution in [3.63, 3.8) is 0 Å². The van der Waals surface area contributed by atoms with Crippen LogP contribution in [0.4, 0.5) is 0 Å². The van der Waals surface area contributed by atoms with Gasteiger partial charge in [0.1, 0.15) is 0 Å². The average molecular weight is 155 g/mol. The molecule has 1 nitrogen and oxygen atoms in total. The first-order valence-corrected chi connectivity index (χ1v) is 4.99. The summed E-state index contributed by atoms with van der Waals surface area (Å²) in [4.78, 5) is 2.54. The third-order valence-corrected chi connectivity index (χ3v) is 3.14. The maximum atomic E-state index is 2.54. The predicted octanol–water partition coefficient (Wildman–Crippen LogP) is 2.52. The fourth-order valence-corrected chi connectivity index (χ4v) is 2.44. The van der Waals surface area contributed by atoms with Crippen molar-refractivity contribution in [1.29, 1.82) is 0 Å². The molecule has 1 heteroatoms. The van der Waals surface area contributed by atoms with Crippen LogP contribution in [0.3, 0.4) is 0 Å². The summed E-state index contributed by atoms with van der Waals surface area (Å²) in [6.45, 7) is 5.96. The first kappa shape index (κ1) is 9.05. The fraction of sp³-hybridized carbons (Fsp3) is 1.00. The average Bonchev–Trinajstić information content (AvgIpc) is 2.04. The minimum atomic E-state index is 0.869. The van der Waals surface area contributed by atoms with Gasteiger partial charge in [-0.2, -0.15) is 0 Å². The lowest BCUT2D eigenvalue weighted by Gasteiger charge is -2.38. The van der Waals surface area contributed by atoms with Crippen molar-refractivity contribution in [2.45, 2.75) is 45.6 Å². The van der Waals surface area contributed by atoms with Gasteiger partial charge >= 0.3 is 0 Å². The molecule has 11 heavy (non-hydrogen) atoms. The number of likely N-dealkylation sites (tertiary alicyclic amines) is 1. The molecule has 0 spiro atoms. The van der Waals surface area contributed by atoms with Gasteiger partial charge in [0, 0.05) is 6.04 Å². The summed E-state index contributed by atoms with van der Waals surface area (Å²) in [5.74, 6) is 0.971. The molecule has 0 amide bonds. The standard InChI is InChI=1S/C10H21N/c1-4-9-7-6-8-11(3)10(9)5-2/h9-10H,4-8H2,1-3H3/t9-,10-/m0/s1. The number of hydrogen-bond acceptors (Lipinski definition) is 1. The van der Waals surface area contributed by atoms with Crippen LogP contribution in [0.15, 0.2) is 0 Å². The molecule has 0 bridgehead atoms. The van der Waals surface area contributed by atoms with Crippen molar-refractivity contribution in [2.75, 3.05) is 13.6 Å². The summed E-state index contributed by atoms with van der Waals surface area (Å²) < 4.78 is 0. The molecule has 2 atom stereocenters. The molecule has 0 unspecified atom stereocenters. The van der Waals surface area contributed by atoms with Gasteiger partial charge in [-0.1, -0.05) is 20.3 Å². The fourth-order valence-electron chi connectivity index (χ4n) is 2.44. The van der Waals surface area contributed by atoms with E-state index in [1.54, 1.807) is 0 Å². The quantitative estimate of drug-likeness (QED) is 0.592. The van der Waals surface area contributed by atoms with Crippen LogP contribution in [0.1, 0.15) is 39.5 Å². The highest BCUT2D eigenvalue weighted by Crippen LogP contribution is 2.26. The van der Waals surface area contributed by atoms with Gasteiger partial charge in [0.05, 0.1) is 0 Å². The Balaban J connectivity index is 2.48. The van der Waals surface area contributed by atoms with Crippen LogP contribution in [0.5, 0.6) is 0 Å². The second kappa shape index (κ2) is 4.10. The molecule has 66 valence electrons. The third kappa shape index (κ3) is 1.96. The summed E-state index contributed by atoms with van der Waals surface area (Å²) in [6.07, 6.45) is 5.56. The van der Waals surface area contributed by atoms with Gasteiger partial charge in [-0.05, 0) is 38.8 Å². The highest BCUT2D eigenvalue weighted by atomic mass is 15.1. The molecular weight excluding hydrogens is 134 g/mol. The van der Waals surface area contributed by atoms with Crippen LogP contribution in [0.25, 0.3) is 0 Å². The Hall–Kier alpha value is -0.0400.